The number of benzene rings is 2. The van der Waals surface area contributed by atoms with Crippen LogP contribution in [0.3, 0.4) is 0 Å². The molecule has 0 saturated carbocycles. The minimum atomic E-state index is 0.591. The Balaban J connectivity index is 2.16. The Morgan fingerprint density at radius 1 is 0.857 bits per heavy atom. The normalized spacial score (nSPS) is 10.6. The fourth-order valence-electron chi connectivity index (χ4n) is 2.37. The van der Waals surface area contributed by atoms with Crippen LogP contribution in [0.4, 0.5) is 0 Å². The maximum Gasteiger partial charge on any atom is 0.203 e. The molecule has 0 atom stereocenters. The molecule has 5 heteroatoms. The Kier molecular flexibility index (Phi) is 3.39. The van der Waals surface area contributed by atoms with Crippen molar-refractivity contribution >= 4 is 10.9 Å². The topological polar surface area (TPSA) is 56.4 Å². The molecular weight excluding hydrogens is 268 g/mol. The lowest BCUT2D eigenvalue weighted by Gasteiger charge is -2.14. The van der Waals surface area contributed by atoms with Crippen molar-refractivity contribution in [3.63, 3.8) is 0 Å². The van der Waals surface area contributed by atoms with Gasteiger partial charge in [0.15, 0.2) is 11.5 Å². The number of aromatic nitrogens is 2. The Hall–Kier alpha value is -2.69. The molecular formula is C16H16N2O3. The first kappa shape index (κ1) is 13.3. The van der Waals surface area contributed by atoms with Gasteiger partial charge >= 0.3 is 0 Å². The van der Waals surface area contributed by atoms with E-state index in [2.05, 4.69) is 16.3 Å². The number of methoxy groups -OCH3 is 3. The Bertz CT molecular complexity index is 755. The van der Waals surface area contributed by atoms with Crippen molar-refractivity contribution in [1.82, 2.24) is 10.2 Å². The highest BCUT2D eigenvalue weighted by atomic mass is 16.5. The number of nitrogens with one attached hydrogen (secondary N) is 1. The smallest absolute Gasteiger partial charge is 0.203 e. The molecule has 0 aliphatic rings. The number of rotatable bonds is 4. The number of H-pyrrole nitrogens is 1. The van der Waals surface area contributed by atoms with Gasteiger partial charge in [0.2, 0.25) is 5.75 Å². The van der Waals surface area contributed by atoms with Crippen LogP contribution in [-0.4, -0.2) is 31.5 Å². The van der Waals surface area contributed by atoms with E-state index in [1.807, 2.05) is 24.3 Å². The molecule has 1 heterocycles. The summed E-state index contributed by atoms with van der Waals surface area (Å²) in [5, 5.41) is 8.04. The van der Waals surface area contributed by atoms with E-state index in [1.54, 1.807) is 27.5 Å². The van der Waals surface area contributed by atoms with Gasteiger partial charge in [-0.25, -0.2) is 0 Å². The standard InChI is InChI=1S/C16H16N2O3/c1-19-14-7-11(8-15(20-2)16(14)21-3)10-4-5-13-12(6-10)9-17-18-13/h4-9H,1-3H3,(H,17,18). The summed E-state index contributed by atoms with van der Waals surface area (Å²) in [6.45, 7) is 0. The first-order valence-corrected chi connectivity index (χ1v) is 6.50. The minimum Gasteiger partial charge on any atom is -0.493 e. The zero-order valence-corrected chi connectivity index (χ0v) is 12.1. The molecule has 0 fully saturated rings. The van der Waals surface area contributed by atoms with Gasteiger partial charge < -0.3 is 14.2 Å². The largest absolute Gasteiger partial charge is 0.493 e. The van der Waals surface area contributed by atoms with Gasteiger partial charge in [0.25, 0.3) is 0 Å². The number of fused-ring (bicyclic) bond motifs is 1. The molecule has 0 amide bonds. The first-order valence-electron chi connectivity index (χ1n) is 6.50. The molecule has 1 aromatic heterocycles. The van der Waals surface area contributed by atoms with E-state index >= 15 is 0 Å². The summed E-state index contributed by atoms with van der Waals surface area (Å²) in [5.41, 5.74) is 3.06. The molecule has 1 N–H and O–H groups in total. The maximum absolute atomic E-state index is 5.39. The van der Waals surface area contributed by atoms with Gasteiger partial charge in [-0.2, -0.15) is 5.10 Å². The summed E-state index contributed by atoms with van der Waals surface area (Å²) >= 11 is 0. The number of aromatic amines is 1. The molecule has 0 radical (unpaired) electrons. The van der Waals surface area contributed by atoms with Crippen molar-refractivity contribution in [2.75, 3.05) is 21.3 Å². The molecule has 108 valence electrons. The zero-order valence-electron chi connectivity index (χ0n) is 12.1. The van der Waals surface area contributed by atoms with E-state index < -0.39 is 0 Å². The van der Waals surface area contributed by atoms with Gasteiger partial charge in [-0.15, -0.1) is 0 Å². The third kappa shape index (κ3) is 2.27. The monoisotopic (exact) mass is 284 g/mol. The van der Waals surface area contributed by atoms with Crippen LogP contribution in [0.2, 0.25) is 0 Å². The molecule has 0 unspecified atom stereocenters. The number of hydrogen-bond donors (Lipinski definition) is 1. The van der Waals surface area contributed by atoms with Crippen molar-refractivity contribution in [3.8, 4) is 28.4 Å². The Labute approximate surface area is 122 Å². The van der Waals surface area contributed by atoms with E-state index in [0.29, 0.717) is 17.2 Å². The van der Waals surface area contributed by atoms with Crippen molar-refractivity contribution in [3.05, 3.63) is 36.5 Å². The SMILES string of the molecule is COc1cc(-c2ccc3[nH]ncc3c2)cc(OC)c1OC. The molecule has 3 aromatic rings. The molecule has 3 rings (SSSR count). The van der Waals surface area contributed by atoms with Gasteiger partial charge in [0.05, 0.1) is 33.0 Å². The van der Waals surface area contributed by atoms with Crippen LogP contribution >= 0.6 is 0 Å². The molecule has 21 heavy (non-hydrogen) atoms. The van der Waals surface area contributed by atoms with Crippen LogP contribution in [0.25, 0.3) is 22.0 Å². The van der Waals surface area contributed by atoms with E-state index in [0.717, 1.165) is 22.0 Å². The van der Waals surface area contributed by atoms with Gasteiger partial charge in [-0.3, -0.25) is 5.10 Å². The summed E-state index contributed by atoms with van der Waals surface area (Å²) in [6.07, 6.45) is 1.80. The lowest BCUT2D eigenvalue weighted by atomic mass is 10.0. The van der Waals surface area contributed by atoms with E-state index in [9.17, 15) is 0 Å². The summed E-state index contributed by atoms with van der Waals surface area (Å²) in [5.74, 6) is 1.87. The summed E-state index contributed by atoms with van der Waals surface area (Å²) < 4.78 is 16.1. The zero-order chi connectivity index (χ0) is 14.8. The highest BCUT2D eigenvalue weighted by Gasteiger charge is 2.14. The van der Waals surface area contributed by atoms with Crippen LogP contribution in [-0.2, 0) is 0 Å². The third-order valence-corrected chi connectivity index (χ3v) is 3.44. The van der Waals surface area contributed by atoms with Crippen LogP contribution in [0.1, 0.15) is 0 Å². The number of nitrogens with zero attached hydrogens (tertiary/aromatic N) is 1. The van der Waals surface area contributed by atoms with Gasteiger partial charge in [0.1, 0.15) is 0 Å². The van der Waals surface area contributed by atoms with Crippen molar-refractivity contribution < 1.29 is 14.2 Å². The lowest BCUT2D eigenvalue weighted by molar-refractivity contribution is 0.324. The molecule has 0 aliphatic carbocycles. The molecule has 5 nitrogen and oxygen atoms in total. The summed E-state index contributed by atoms with van der Waals surface area (Å²) in [7, 11) is 4.82. The van der Waals surface area contributed by atoms with Crippen LogP contribution < -0.4 is 14.2 Å². The summed E-state index contributed by atoms with van der Waals surface area (Å²) in [6, 6.07) is 9.97. The number of ether oxygens (including phenoxy) is 3. The second-order valence-corrected chi connectivity index (χ2v) is 4.59. The Morgan fingerprint density at radius 2 is 1.57 bits per heavy atom. The van der Waals surface area contributed by atoms with E-state index in [4.69, 9.17) is 14.2 Å². The quantitative estimate of drug-likeness (QED) is 0.799. The second-order valence-electron chi connectivity index (χ2n) is 4.59. The molecule has 0 spiro atoms. The fourth-order valence-corrected chi connectivity index (χ4v) is 2.37. The summed E-state index contributed by atoms with van der Waals surface area (Å²) in [4.78, 5) is 0. The second kappa shape index (κ2) is 5.36. The minimum absolute atomic E-state index is 0.591. The predicted molar refractivity (Wildman–Crippen MR) is 81.2 cm³/mol. The van der Waals surface area contributed by atoms with E-state index in [1.165, 1.54) is 0 Å². The molecule has 0 saturated heterocycles. The van der Waals surface area contributed by atoms with Gasteiger partial charge in [-0.1, -0.05) is 6.07 Å². The highest BCUT2D eigenvalue weighted by molar-refractivity contribution is 5.84. The number of hydrogen-bond acceptors (Lipinski definition) is 4. The first-order chi connectivity index (χ1) is 10.3. The average molecular weight is 284 g/mol. The molecule has 0 aliphatic heterocycles. The highest BCUT2D eigenvalue weighted by Crippen LogP contribution is 2.41. The van der Waals surface area contributed by atoms with Crippen molar-refractivity contribution in [2.45, 2.75) is 0 Å². The third-order valence-electron chi connectivity index (χ3n) is 3.44. The van der Waals surface area contributed by atoms with Crippen LogP contribution in [0.5, 0.6) is 17.2 Å². The average Bonchev–Trinajstić information content (AvgIpc) is 3.00. The van der Waals surface area contributed by atoms with Crippen molar-refractivity contribution in [2.24, 2.45) is 0 Å². The van der Waals surface area contributed by atoms with Crippen LogP contribution in [0.15, 0.2) is 36.5 Å². The fraction of sp³-hybridized carbons (Fsp3) is 0.188. The van der Waals surface area contributed by atoms with Gasteiger partial charge in [0, 0.05) is 5.39 Å². The van der Waals surface area contributed by atoms with Crippen LogP contribution in [0, 0.1) is 0 Å². The van der Waals surface area contributed by atoms with Gasteiger partial charge in [-0.05, 0) is 35.4 Å². The maximum atomic E-state index is 5.39. The molecule has 0 bridgehead atoms. The lowest BCUT2D eigenvalue weighted by Crippen LogP contribution is -1.95. The van der Waals surface area contributed by atoms with E-state index in [-0.39, 0.29) is 0 Å². The Morgan fingerprint density at radius 3 is 2.19 bits per heavy atom. The molecule has 2 aromatic carbocycles. The van der Waals surface area contributed by atoms with Crippen molar-refractivity contribution in [1.29, 1.82) is 0 Å². The predicted octanol–water partition coefficient (Wildman–Crippen LogP) is 3.26.